The quantitative estimate of drug-likeness (QED) is 0.342. The number of carbonyl (C=O) groups is 2. The van der Waals surface area contributed by atoms with E-state index in [1.807, 2.05) is 96.7 Å². The third-order valence-corrected chi connectivity index (χ3v) is 6.52. The highest BCUT2D eigenvalue weighted by molar-refractivity contribution is 6.00. The molecular weight excluding hydrogens is 500 g/mol. The van der Waals surface area contributed by atoms with Gasteiger partial charge in [0, 0.05) is 29.3 Å². The van der Waals surface area contributed by atoms with Crippen molar-refractivity contribution in [2.45, 2.75) is 38.6 Å². The Morgan fingerprint density at radius 2 is 1.66 bits per heavy atom. The highest BCUT2D eigenvalue weighted by atomic mass is 35.5. The van der Waals surface area contributed by atoms with Crippen LogP contribution >= 0.6 is 0 Å². The van der Waals surface area contributed by atoms with Crippen molar-refractivity contribution in [3.05, 3.63) is 108 Å². The number of hydrogen-bond donors (Lipinski definition) is 2. The summed E-state index contributed by atoms with van der Waals surface area (Å²) in [6.07, 6.45) is 3.02. The number of hydrazone groups is 1. The van der Waals surface area contributed by atoms with E-state index in [4.69, 9.17) is 10.2 Å². The third-order valence-electron chi connectivity index (χ3n) is 6.52. The molecule has 0 radical (unpaired) electrons. The smallest absolute Gasteiger partial charge is 0.414 e. The molecule has 8 heteroatoms. The number of hydrazine groups is 1. The van der Waals surface area contributed by atoms with Gasteiger partial charge >= 0.3 is 11.9 Å². The number of aryl methyl sites for hydroxylation is 1. The zero-order chi connectivity index (χ0) is 25.8. The molecule has 4 aromatic rings. The summed E-state index contributed by atoms with van der Waals surface area (Å²) in [5.41, 5.74) is 10.2. The minimum atomic E-state index is -0.899. The van der Waals surface area contributed by atoms with Gasteiger partial charge in [-0.2, -0.15) is 10.5 Å². The first-order chi connectivity index (χ1) is 18.0. The number of nitrogens with one attached hydrogen (secondary N) is 1. The summed E-state index contributed by atoms with van der Waals surface area (Å²) >= 11 is 0. The van der Waals surface area contributed by atoms with Crippen LogP contribution in [0.25, 0.3) is 16.9 Å². The van der Waals surface area contributed by atoms with Gasteiger partial charge in [-0.25, -0.2) is 9.48 Å². The first kappa shape index (κ1) is 26.8. The lowest BCUT2D eigenvalue weighted by atomic mass is 9.96. The van der Waals surface area contributed by atoms with Crippen molar-refractivity contribution in [1.82, 2.24) is 15.2 Å². The standard InChI is InChI=1S/C30H28N4O3.ClH/c1-21-10-8-13-23(18-21)27-19-26(31-34(27)28(35)16-9-17-29(36)37)25-20-33(24-14-6-3-7-15-24)32-30(25)22-11-4-2-5-12-22;/h2-8,10-15,18,20,26,31H,9,16-17,19H2,1H3;1H. The second-order valence-corrected chi connectivity index (χ2v) is 9.26. The highest BCUT2D eigenvalue weighted by Gasteiger charge is 2.39. The number of aromatic nitrogens is 2. The molecule has 2 heterocycles. The van der Waals surface area contributed by atoms with Crippen molar-refractivity contribution in [2.75, 3.05) is 0 Å². The number of rotatable bonds is 8. The molecule has 0 aliphatic carbocycles. The van der Waals surface area contributed by atoms with Crippen LogP contribution in [0.3, 0.4) is 0 Å². The average molecular weight is 529 g/mol. The number of carboxylic acids is 1. The minimum absolute atomic E-state index is 0. The van der Waals surface area contributed by atoms with Crippen molar-refractivity contribution >= 4 is 17.6 Å². The number of carboxylic acid groups (broad SMARTS) is 1. The van der Waals surface area contributed by atoms with Gasteiger partial charge in [0.2, 0.25) is 5.71 Å². The molecule has 5 rings (SSSR count). The fourth-order valence-corrected chi connectivity index (χ4v) is 4.72. The molecule has 2 N–H and O–H groups in total. The largest absolute Gasteiger partial charge is 1.00 e. The van der Waals surface area contributed by atoms with Gasteiger partial charge in [0.1, 0.15) is 6.04 Å². The molecule has 1 atom stereocenters. The maximum atomic E-state index is 13.3. The molecule has 0 saturated heterocycles. The van der Waals surface area contributed by atoms with E-state index < -0.39 is 5.97 Å². The minimum Gasteiger partial charge on any atom is -1.00 e. The molecule has 1 aliphatic heterocycles. The van der Waals surface area contributed by atoms with E-state index in [1.54, 1.807) is 4.68 Å². The lowest BCUT2D eigenvalue weighted by Crippen LogP contribution is -3.00. The predicted octanol–water partition coefficient (Wildman–Crippen LogP) is 2.08. The average Bonchev–Trinajstić information content (AvgIpc) is 3.55. The number of benzene rings is 3. The molecule has 1 aromatic heterocycles. The Kier molecular flexibility index (Phi) is 8.38. The molecule has 1 aliphatic rings. The Morgan fingerprint density at radius 3 is 2.34 bits per heavy atom. The molecule has 1 unspecified atom stereocenters. The van der Waals surface area contributed by atoms with Gasteiger partial charge in [0.15, 0.2) is 0 Å². The first-order valence-electron chi connectivity index (χ1n) is 12.4. The van der Waals surface area contributed by atoms with Crippen LogP contribution in [0.15, 0.2) is 91.1 Å². The normalized spacial score (nSPS) is 14.6. The monoisotopic (exact) mass is 528 g/mol. The van der Waals surface area contributed by atoms with Crippen LogP contribution in [0, 0.1) is 6.92 Å². The number of aliphatic carboxylic acids is 1. The van der Waals surface area contributed by atoms with Crippen molar-refractivity contribution in [3.8, 4) is 16.9 Å². The number of amides is 1. The number of carbonyl (C=O) groups excluding carboxylic acids is 1. The van der Waals surface area contributed by atoms with Crippen molar-refractivity contribution < 1.29 is 31.8 Å². The van der Waals surface area contributed by atoms with Gasteiger partial charge < -0.3 is 17.5 Å². The van der Waals surface area contributed by atoms with Gasteiger partial charge in [-0.15, -0.1) is 0 Å². The van der Waals surface area contributed by atoms with E-state index >= 15 is 0 Å². The maximum Gasteiger partial charge on any atom is 0.414 e. The summed E-state index contributed by atoms with van der Waals surface area (Å²) < 4.78 is 3.50. The Morgan fingerprint density at radius 1 is 0.974 bits per heavy atom. The van der Waals surface area contributed by atoms with E-state index in [-0.39, 0.29) is 37.2 Å². The fourth-order valence-electron chi connectivity index (χ4n) is 4.72. The van der Waals surface area contributed by atoms with Gasteiger partial charge in [0.25, 0.3) is 0 Å². The van der Waals surface area contributed by atoms with Crippen LogP contribution in [0.5, 0.6) is 0 Å². The van der Waals surface area contributed by atoms with E-state index in [1.165, 1.54) is 0 Å². The Bertz CT molecular complexity index is 1470. The number of hydrogen-bond acceptors (Lipinski definition) is 4. The molecule has 7 nitrogen and oxygen atoms in total. The molecular formula is C30H29ClN4O3. The fraction of sp³-hybridized carbons (Fsp3) is 0.200. The predicted molar refractivity (Wildman–Crippen MR) is 142 cm³/mol. The molecule has 0 spiro atoms. The Balaban J connectivity index is 0.00000336. The maximum absolute atomic E-state index is 13.3. The lowest BCUT2D eigenvalue weighted by molar-refractivity contribution is -0.506. The van der Waals surface area contributed by atoms with Crippen LogP contribution < -0.4 is 17.8 Å². The summed E-state index contributed by atoms with van der Waals surface area (Å²) in [5, 5.41) is 14.0. The Hall–Kier alpha value is -4.23. The second kappa shape index (κ2) is 11.9. The first-order valence-corrected chi connectivity index (χ1v) is 12.4. The summed E-state index contributed by atoms with van der Waals surface area (Å²) in [6, 6.07) is 27.9. The van der Waals surface area contributed by atoms with Gasteiger partial charge in [-0.3, -0.25) is 4.79 Å². The van der Waals surface area contributed by atoms with Crippen LogP contribution in [-0.4, -0.2) is 37.2 Å². The van der Waals surface area contributed by atoms with Gasteiger partial charge in [0.05, 0.1) is 24.2 Å². The topological polar surface area (TPSA) is 87.2 Å². The molecule has 0 fully saturated rings. The zero-order valence-electron chi connectivity index (χ0n) is 21.0. The summed E-state index contributed by atoms with van der Waals surface area (Å²) in [5.74, 6) is -1.04. The van der Waals surface area contributed by atoms with E-state index in [0.29, 0.717) is 12.8 Å². The van der Waals surface area contributed by atoms with E-state index in [0.717, 1.165) is 39.3 Å². The molecule has 3 aromatic carbocycles. The van der Waals surface area contributed by atoms with Gasteiger partial charge in [-0.05, 0) is 42.3 Å². The van der Waals surface area contributed by atoms with Crippen molar-refractivity contribution in [2.24, 2.45) is 0 Å². The van der Waals surface area contributed by atoms with Crippen LogP contribution in [0.2, 0.25) is 0 Å². The van der Waals surface area contributed by atoms with Gasteiger partial charge in [-0.1, -0.05) is 66.2 Å². The third kappa shape index (κ3) is 5.84. The molecule has 0 saturated carbocycles. The lowest BCUT2D eigenvalue weighted by Gasteiger charge is -2.08. The molecule has 0 bridgehead atoms. The van der Waals surface area contributed by atoms with Crippen LogP contribution in [0.1, 0.15) is 48.4 Å². The second-order valence-electron chi connectivity index (χ2n) is 9.26. The van der Waals surface area contributed by atoms with Crippen LogP contribution in [-0.2, 0) is 9.59 Å². The number of para-hydroxylation sites is 1. The number of nitrogens with zero attached hydrogens (tertiary/aromatic N) is 3. The molecule has 38 heavy (non-hydrogen) atoms. The summed E-state index contributed by atoms with van der Waals surface area (Å²) in [4.78, 5) is 24.3. The van der Waals surface area contributed by atoms with E-state index in [9.17, 15) is 9.59 Å². The van der Waals surface area contributed by atoms with Crippen molar-refractivity contribution in [1.29, 1.82) is 0 Å². The Labute approximate surface area is 227 Å². The van der Waals surface area contributed by atoms with Crippen LogP contribution in [0.4, 0.5) is 0 Å². The van der Waals surface area contributed by atoms with Crippen molar-refractivity contribution in [3.63, 3.8) is 0 Å². The SMILES string of the molecule is Cc1cccc(C2=[N+](C(=O)CCCC(=O)O)NC(c3cn(-c4ccccc4)nc3-c3ccccc3)C2)c1.[Cl-]. The van der Waals surface area contributed by atoms with E-state index in [2.05, 4.69) is 11.5 Å². The number of halogens is 1. The summed E-state index contributed by atoms with van der Waals surface area (Å²) in [6.45, 7) is 2.03. The zero-order valence-corrected chi connectivity index (χ0v) is 21.8. The molecule has 194 valence electrons. The summed E-state index contributed by atoms with van der Waals surface area (Å²) in [7, 11) is 0. The highest BCUT2D eigenvalue weighted by Crippen LogP contribution is 2.33. The molecule has 1 amide bonds.